The number of aliphatic hydroxyl groups excluding tert-OH is 1. The third-order valence-electron chi connectivity index (χ3n) is 13.7. The number of nitrogen functional groups attached to an aromatic ring is 1. The molecule has 5 aromatic rings. The fourth-order valence-corrected chi connectivity index (χ4v) is 10.0. The van der Waals surface area contributed by atoms with E-state index in [-0.39, 0.29) is 37.4 Å². The summed E-state index contributed by atoms with van der Waals surface area (Å²) in [5.41, 5.74) is 10.3. The Morgan fingerprint density at radius 1 is 0.786 bits per heavy atom. The Morgan fingerprint density at radius 2 is 1.49 bits per heavy atom. The number of piperazine rings is 1. The van der Waals surface area contributed by atoms with Gasteiger partial charge < -0.3 is 45.0 Å². The summed E-state index contributed by atoms with van der Waals surface area (Å²) in [5.74, 6) is 0.170. The maximum Gasteiger partial charge on any atom is 0.259 e. The van der Waals surface area contributed by atoms with E-state index in [2.05, 4.69) is 53.6 Å². The highest BCUT2D eigenvalue weighted by molar-refractivity contribution is 6.08. The normalized spacial score (nSPS) is 20.9. The molecule has 0 radical (unpaired) electrons. The van der Waals surface area contributed by atoms with E-state index in [1.165, 1.54) is 0 Å². The first-order valence-electron chi connectivity index (χ1n) is 24.3. The van der Waals surface area contributed by atoms with Gasteiger partial charge in [-0.3, -0.25) is 39.2 Å². The second-order valence-electron chi connectivity index (χ2n) is 18.1. The number of anilines is 2. The molecular weight excluding hydrogens is 897 g/mol. The molecule has 19 heteroatoms. The number of aliphatic hydroxyl groups is 1. The summed E-state index contributed by atoms with van der Waals surface area (Å²) in [7, 11) is 0. The second-order valence-corrected chi connectivity index (χ2v) is 18.1. The van der Waals surface area contributed by atoms with E-state index >= 15 is 0 Å². The third-order valence-corrected chi connectivity index (χ3v) is 13.7. The predicted molar refractivity (Wildman–Crippen MR) is 261 cm³/mol. The van der Waals surface area contributed by atoms with Crippen molar-refractivity contribution in [2.45, 2.75) is 62.9 Å². The van der Waals surface area contributed by atoms with Crippen LogP contribution in [0.4, 0.5) is 11.5 Å². The molecule has 4 amide bonds. The van der Waals surface area contributed by atoms with Crippen LogP contribution in [0.3, 0.4) is 0 Å². The molecule has 5 heterocycles. The number of ether oxygens (including phenoxy) is 4. The smallest absolute Gasteiger partial charge is 0.259 e. The number of hydrogen-bond acceptors (Lipinski definition) is 15. The van der Waals surface area contributed by atoms with Crippen LogP contribution in [0, 0.1) is 0 Å². The molecule has 0 spiro atoms. The minimum Gasteiger partial charge on any atom is -0.457 e. The highest BCUT2D eigenvalue weighted by atomic mass is 16.5. The number of rotatable bonds is 21. The van der Waals surface area contributed by atoms with Gasteiger partial charge in [0.1, 0.15) is 35.3 Å². The molecule has 370 valence electrons. The summed E-state index contributed by atoms with van der Waals surface area (Å²) in [6.07, 6.45) is 7.07. The fraction of sp³-hybridized carbons (Fsp3) is 0.451. The number of nitrogens with zero attached hydrogens (tertiary/aromatic N) is 6. The van der Waals surface area contributed by atoms with Gasteiger partial charge in [-0.05, 0) is 68.0 Å². The lowest BCUT2D eigenvalue weighted by Crippen LogP contribution is -2.53. The number of hydrogen-bond donors (Lipinski definition) is 5. The van der Waals surface area contributed by atoms with Crippen LogP contribution in [-0.4, -0.2) is 156 Å². The zero-order chi connectivity index (χ0) is 48.4. The number of nitrogens with one attached hydrogen (secondary N) is 3. The van der Waals surface area contributed by atoms with Gasteiger partial charge in [-0.1, -0.05) is 42.5 Å². The summed E-state index contributed by atoms with van der Waals surface area (Å²) >= 11 is 0. The predicted octanol–water partition coefficient (Wildman–Crippen LogP) is 4.10. The van der Waals surface area contributed by atoms with Crippen molar-refractivity contribution in [3.05, 3.63) is 96.4 Å². The number of benzene rings is 3. The van der Waals surface area contributed by atoms with Crippen molar-refractivity contribution < 1.29 is 43.2 Å². The van der Waals surface area contributed by atoms with Crippen LogP contribution in [0.25, 0.3) is 22.2 Å². The first-order valence-corrected chi connectivity index (χ1v) is 24.3. The molecule has 2 unspecified atom stereocenters. The Labute approximate surface area is 406 Å². The Morgan fingerprint density at radius 3 is 2.23 bits per heavy atom. The summed E-state index contributed by atoms with van der Waals surface area (Å²) in [4.78, 5) is 65.2. The Hall–Kier alpha value is -6.48. The zero-order valence-electron chi connectivity index (χ0n) is 39.3. The fourth-order valence-electron chi connectivity index (χ4n) is 10.0. The third kappa shape index (κ3) is 11.4. The molecule has 2 aromatic heterocycles. The first kappa shape index (κ1) is 48.5. The maximum absolute atomic E-state index is 13.3. The van der Waals surface area contributed by atoms with Gasteiger partial charge in [0.25, 0.3) is 5.91 Å². The van der Waals surface area contributed by atoms with E-state index in [0.717, 1.165) is 97.0 Å². The van der Waals surface area contributed by atoms with Crippen molar-refractivity contribution in [1.82, 2.24) is 39.9 Å². The number of piperidine rings is 1. The molecule has 2 atom stereocenters. The Balaban J connectivity index is 0.605. The minimum atomic E-state index is -1.34. The summed E-state index contributed by atoms with van der Waals surface area (Å²) in [6.45, 7) is 7.93. The van der Waals surface area contributed by atoms with E-state index in [1.54, 1.807) is 24.5 Å². The highest BCUT2D eigenvalue weighted by Gasteiger charge is 2.45. The molecule has 6 N–H and O–H groups in total. The quantitative estimate of drug-likeness (QED) is 0.0516. The molecule has 9 rings (SSSR count). The van der Waals surface area contributed by atoms with Crippen LogP contribution in [0.2, 0.25) is 0 Å². The number of fused-ring (bicyclic) bond motifs is 2. The van der Waals surface area contributed by atoms with Gasteiger partial charge in [-0.2, -0.15) is 0 Å². The van der Waals surface area contributed by atoms with Crippen LogP contribution < -0.4 is 26.4 Å². The molecule has 19 nitrogen and oxygen atoms in total. The van der Waals surface area contributed by atoms with Crippen LogP contribution in [0.1, 0.15) is 66.7 Å². The SMILES string of the molecule is Nc1ncnc2c1c(-c1ccc(Oc3ccccc3)cc1)cn2[C@H]1CC[C@H](N2CCN(CCOCCOCCOCCNC(=O)CNc3cccc4c3C(=O)N(C3CCC(=O)NC3=O)C4O)CC2)CC1. The number of amides is 4. The van der Waals surface area contributed by atoms with Gasteiger partial charge in [-0.25, -0.2) is 9.97 Å². The Kier molecular flexibility index (Phi) is 15.9. The summed E-state index contributed by atoms with van der Waals surface area (Å²) in [6, 6.07) is 22.7. The first-order chi connectivity index (χ1) is 34.2. The van der Waals surface area contributed by atoms with Gasteiger partial charge >= 0.3 is 0 Å². The number of nitrogens with two attached hydrogens (primary N) is 1. The molecule has 70 heavy (non-hydrogen) atoms. The molecular formula is C51H62N10O9. The summed E-state index contributed by atoms with van der Waals surface area (Å²) < 4.78 is 25.5. The van der Waals surface area contributed by atoms with Crippen molar-refractivity contribution in [3.63, 3.8) is 0 Å². The number of imide groups is 1. The molecule has 0 bridgehead atoms. The topological polar surface area (TPSA) is 228 Å². The molecule has 3 aliphatic heterocycles. The average Bonchev–Trinajstić information content (AvgIpc) is 3.89. The minimum absolute atomic E-state index is 0.0707. The van der Waals surface area contributed by atoms with Gasteiger partial charge in [0, 0.05) is 80.8 Å². The number of aromatic nitrogens is 3. The summed E-state index contributed by atoms with van der Waals surface area (Å²) in [5, 5.41) is 19.7. The maximum atomic E-state index is 13.3. The van der Waals surface area contributed by atoms with E-state index in [1.807, 2.05) is 42.5 Å². The zero-order valence-corrected chi connectivity index (χ0v) is 39.3. The lowest BCUT2D eigenvalue weighted by Gasteiger charge is -2.42. The van der Waals surface area contributed by atoms with Crippen molar-refractivity contribution in [2.75, 3.05) is 96.5 Å². The Bertz CT molecular complexity index is 2600. The number of carbonyl (C=O) groups is 4. The molecule has 4 aliphatic rings. The van der Waals surface area contributed by atoms with Crippen molar-refractivity contribution >= 4 is 46.2 Å². The van der Waals surface area contributed by atoms with E-state index in [4.69, 9.17) is 29.7 Å². The lowest BCUT2D eigenvalue weighted by atomic mass is 9.89. The second kappa shape index (κ2) is 23.0. The largest absolute Gasteiger partial charge is 0.457 e. The van der Waals surface area contributed by atoms with Crippen molar-refractivity contribution in [2.24, 2.45) is 0 Å². The van der Waals surface area contributed by atoms with Crippen LogP contribution >= 0.6 is 0 Å². The van der Waals surface area contributed by atoms with Gasteiger partial charge in [0.05, 0.1) is 57.1 Å². The molecule has 1 aliphatic carbocycles. The van der Waals surface area contributed by atoms with Gasteiger partial charge in [-0.15, -0.1) is 0 Å². The monoisotopic (exact) mass is 958 g/mol. The van der Waals surface area contributed by atoms with Crippen LogP contribution in [0.5, 0.6) is 11.5 Å². The van der Waals surface area contributed by atoms with E-state index in [9.17, 15) is 24.3 Å². The molecule has 2 saturated heterocycles. The molecule has 1 saturated carbocycles. The van der Waals surface area contributed by atoms with Crippen LogP contribution in [-0.2, 0) is 28.6 Å². The average molecular weight is 959 g/mol. The van der Waals surface area contributed by atoms with Crippen molar-refractivity contribution in [1.29, 1.82) is 0 Å². The van der Waals surface area contributed by atoms with Gasteiger partial charge in [0.15, 0.2) is 6.23 Å². The number of para-hydroxylation sites is 1. The van der Waals surface area contributed by atoms with Crippen molar-refractivity contribution in [3.8, 4) is 22.6 Å². The lowest BCUT2D eigenvalue weighted by molar-refractivity contribution is -0.139. The van der Waals surface area contributed by atoms with E-state index < -0.39 is 30.0 Å². The highest BCUT2D eigenvalue weighted by Crippen LogP contribution is 2.41. The standard InChI is InChI=1S/C51H62N10O9/c52-47-46-40(34-9-15-38(16-10-34)70-37-5-2-1-3-6-37)32-60(48(46)56-33-55-47)36-13-11-35(12-14-36)59-22-20-58(21-23-59)24-26-68-28-30-69-29-27-67-25-19-53-44(63)31-54-41-8-4-7-39-45(41)51(66)61(50(39)65)42-17-18-43(62)57-49(42)64/h1-10,15-16,32-33,35-36,42,50,54,65H,11-14,17-31H2,(H,53,63)(H2,52,55,56)(H,57,62,64)/t35-,36-,42?,50?. The number of carbonyl (C=O) groups excluding carboxylic acids is 4. The van der Waals surface area contributed by atoms with E-state index in [0.29, 0.717) is 68.8 Å². The molecule has 3 aromatic carbocycles. The van der Waals surface area contributed by atoms with Gasteiger partial charge in [0.2, 0.25) is 17.7 Å². The van der Waals surface area contributed by atoms with Crippen LogP contribution in [0.15, 0.2) is 85.3 Å². The molecule has 3 fully saturated rings.